The number of hydrogen-bond donors (Lipinski definition) is 2. The highest BCUT2D eigenvalue weighted by atomic mass is 16.2. The molecule has 0 spiro atoms. The number of nitrogens with one attached hydrogen (secondary N) is 1. The van der Waals surface area contributed by atoms with Gasteiger partial charge in [-0.1, -0.05) is 13.3 Å². The summed E-state index contributed by atoms with van der Waals surface area (Å²) in [5.74, 6) is -0.195. The fourth-order valence-corrected chi connectivity index (χ4v) is 1.65. The molecular formula is C12H25N3O2. The highest BCUT2D eigenvalue weighted by Crippen LogP contribution is 1.97. The number of rotatable bonds is 8. The largest absolute Gasteiger partial charge is 0.347 e. The summed E-state index contributed by atoms with van der Waals surface area (Å²) >= 11 is 0. The predicted octanol–water partition coefficient (Wildman–Crippen LogP) is 0.489. The molecule has 0 aliphatic heterocycles. The molecule has 1 unspecified atom stereocenters. The Bertz CT molecular complexity index is 240. The Morgan fingerprint density at radius 3 is 2.29 bits per heavy atom. The fourth-order valence-electron chi connectivity index (χ4n) is 1.65. The van der Waals surface area contributed by atoms with Crippen LogP contribution in [0, 0.1) is 0 Å². The van der Waals surface area contributed by atoms with Crippen molar-refractivity contribution in [1.82, 2.24) is 10.2 Å². The van der Waals surface area contributed by atoms with E-state index >= 15 is 0 Å². The lowest BCUT2D eigenvalue weighted by Crippen LogP contribution is -2.41. The maximum absolute atomic E-state index is 11.6. The maximum atomic E-state index is 11.6. The summed E-state index contributed by atoms with van der Waals surface area (Å²) in [6.07, 6.45) is 2.09. The summed E-state index contributed by atoms with van der Waals surface area (Å²) in [5.41, 5.74) is 5.75. The lowest BCUT2D eigenvalue weighted by Gasteiger charge is -2.19. The molecule has 17 heavy (non-hydrogen) atoms. The van der Waals surface area contributed by atoms with Crippen LogP contribution in [-0.2, 0) is 9.59 Å². The van der Waals surface area contributed by atoms with E-state index in [1.807, 2.05) is 20.8 Å². The summed E-state index contributed by atoms with van der Waals surface area (Å²) in [6.45, 7) is 7.27. The second kappa shape index (κ2) is 8.98. The Labute approximate surface area is 104 Å². The molecule has 0 aromatic carbocycles. The number of nitrogens with two attached hydrogens (primary N) is 1. The van der Waals surface area contributed by atoms with E-state index in [0.717, 1.165) is 12.8 Å². The number of likely N-dealkylation sites (N-methyl/N-ethyl adjacent to an activating group) is 1. The average molecular weight is 243 g/mol. The summed E-state index contributed by atoms with van der Waals surface area (Å²) in [4.78, 5) is 24.8. The molecule has 5 nitrogen and oxygen atoms in total. The topological polar surface area (TPSA) is 75.4 Å². The molecule has 0 heterocycles. The molecule has 0 rings (SSSR count). The molecule has 0 aliphatic rings. The van der Waals surface area contributed by atoms with Gasteiger partial charge in [-0.15, -0.1) is 0 Å². The van der Waals surface area contributed by atoms with Crippen molar-refractivity contribution < 1.29 is 9.59 Å². The van der Waals surface area contributed by atoms with Crippen LogP contribution < -0.4 is 11.1 Å². The van der Waals surface area contributed by atoms with Crippen LogP contribution >= 0.6 is 0 Å². The monoisotopic (exact) mass is 243 g/mol. The Morgan fingerprint density at radius 2 is 1.82 bits per heavy atom. The summed E-state index contributed by atoms with van der Waals surface area (Å²) < 4.78 is 0. The first kappa shape index (κ1) is 15.9. The Kier molecular flexibility index (Phi) is 8.40. The van der Waals surface area contributed by atoms with Gasteiger partial charge in [0.2, 0.25) is 11.8 Å². The van der Waals surface area contributed by atoms with E-state index < -0.39 is 0 Å². The van der Waals surface area contributed by atoms with Crippen molar-refractivity contribution in [3.8, 4) is 0 Å². The van der Waals surface area contributed by atoms with Gasteiger partial charge in [0.15, 0.2) is 0 Å². The van der Waals surface area contributed by atoms with Gasteiger partial charge in [-0.2, -0.15) is 0 Å². The highest BCUT2D eigenvalue weighted by Gasteiger charge is 2.12. The standard InChI is InChI=1S/C12H25N3O2/c1-4-7-10(13)8-11(16)14-9-12(17)15(5-2)6-3/h10H,4-9,13H2,1-3H3,(H,14,16). The number of nitrogens with zero attached hydrogens (tertiary/aromatic N) is 1. The average Bonchev–Trinajstić information content (AvgIpc) is 2.28. The lowest BCUT2D eigenvalue weighted by molar-refractivity contribution is -0.132. The van der Waals surface area contributed by atoms with E-state index in [1.54, 1.807) is 4.90 Å². The van der Waals surface area contributed by atoms with E-state index in [-0.39, 0.29) is 24.4 Å². The first-order chi connectivity index (χ1) is 8.04. The minimum atomic E-state index is -0.147. The number of hydrogen-bond acceptors (Lipinski definition) is 3. The molecule has 0 aromatic heterocycles. The van der Waals surface area contributed by atoms with Crippen LogP contribution in [0.5, 0.6) is 0 Å². The zero-order valence-electron chi connectivity index (χ0n) is 11.2. The summed E-state index contributed by atoms with van der Waals surface area (Å²) in [5, 5.41) is 2.61. The third-order valence-corrected chi connectivity index (χ3v) is 2.66. The Balaban J connectivity index is 3.87. The minimum Gasteiger partial charge on any atom is -0.347 e. The zero-order chi connectivity index (χ0) is 13.3. The molecule has 5 heteroatoms. The maximum Gasteiger partial charge on any atom is 0.241 e. The molecule has 0 fully saturated rings. The van der Waals surface area contributed by atoms with Gasteiger partial charge in [-0.3, -0.25) is 9.59 Å². The fraction of sp³-hybridized carbons (Fsp3) is 0.833. The molecule has 100 valence electrons. The quantitative estimate of drug-likeness (QED) is 0.651. The van der Waals surface area contributed by atoms with Gasteiger partial charge in [0, 0.05) is 25.6 Å². The van der Waals surface area contributed by atoms with Gasteiger partial charge >= 0.3 is 0 Å². The third-order valence-electron chi connectivity index (χ3n) is 2.66. The molecule has 0 bridgehead atoms. The van der Waals surface area contributed by atoms with Crippen LogP contribution in [0.1, 0.15) is 40.0 Å². The molecular weight excluding hydrogens is 218 g/mol. The SMILES string of the molecule is CCCC(N)CC(=O)NCC(=O)N(CC)CC. The molecule has 1 atom stereocenters. The summed E-state index contributed by atoms with van der Waals surface area (Å²) in [6, 6.07) is -0.108. The molecule has 0 radical (unpaired) electrons. The van der Waals surface area contributed by atoms with Crippen LogP contribution in [0.2, 0.25) is 0 Å². The molecule has 0 aromatic rings. The van der Waals surface area contributed by atoms with Gasteiger partial charge in [-0.25, -0.2) is 0 Å². The van der Waals surface area contributed by atoms with Crippen molar-refractivity contribution in [2.45, 2.75) is 46.1 Å². The van der Waals surface area contributed by atoms with Gasteiger partial charge in [0.1, 0.15) is 0 Å². The first-order valence-electron chi connectivity index (χ1n) is 6.35. The van der Waals surface area contributed by atoms with Crippen LogP contribution in [0.4, 0.5) is 0 Å². The molecule has 0 saturated heterocycles. The van der Waals surface area contributed by atoms with Crippen LogP contribution in [0.25, 0.3) is 0 Å². The molecule has 2 amide bonds. The van der Waals surface area contributed by atoms with Crippen LogP contribution in [0.15, 0.2) is 0 Å². The number of carbonyl (C=O) groups excluding carboxylic acids is 2. The normalized spacial score (nSPS) is 12.0. The Morgan fingerprint density at radius 1 is 1.24 bits per heavy atom. The smallest absolute Gasteiger partial charge is 0.241 e. The number of amides is 2. The van der Waals surface area contributed by atoms with E-state index in [1.165, 1.54) is 0 Å². The van der Waals surface area contributed by atoms with Gasteiger partial charge in [0.05, 0.1) is 6.54 Å². The van der Waals surface area contributed by atoms with E-state index in [0.29, 0.717) is 19.5 Å². The van der Waals surface area contributed by atoms with Crippen LogP contribution in [-0.4, -0.2) is 42.4 Å². The second-order valence-corrected chi connectivity index (χ2v) is 4.10. The first-order valence-corrected chi connectivity index (χ1v) is 6.35. The van der Waals surface area contributed by atoms with Crippen molar-refractivity contribution in [2.75, 3.05) is 19.6 Å². The molecule has 0 aliphatic carbocycles. The third kappa shape index (κ3) is 6.94. The Hall–Kier alpha value is -1.10. The van der Waals surface area contributed by atoms with E-state index in [2.05, 4.69) is 5.32 Å². The van der Waals surface area contributed by atoms with Gasteiger partial charge in [-0.05, 0) is 20.3 Å². The van der Waals surface area contributed by atoms with Crippen LogP contribution in [0.3, 0.4) is 0 Å². The predicted molar refractivity (Wildman–Crippen MR) is 68.4 cm³/mol. The van der Waals surface area contributed by atoms with Gasteiger partial charge in [0.25, 0.3) is 0 Å². The van der Waals surface area contributed by atoms with Crippen molar-refractivity contribution >= 4 is 11.8 Å². The van der Waals surface area contributed by atoms with E-state index in [4.69, 9.17) is 5.73 Å². The molecule has 0 saturated carbocycles. The minimum absolute atomic E-state index is 0.0487. The summed E-state index contributed by atoms with van der Waals surface area (Å²) in [7, 11) is 0. The van der Waals surface area contributed by atoms with Gasteiger partial charge < -0.3 is 16.0 Å². The van der Waals surface area contributed by atoms with Crippen molar-refractivity contribution in [3.63, 3.8) is 0 Å². The van der Waals surface area contributed by atoms with Crippen molar-refractivity contribution in [3.05, 3.63) is 0 Å². The lowest BCUT2D eigenvalue weighted by atomic mass is 10.1. The van der Waals surface area contributed by atoms with E-state index in [9.17, 15) is 9.59 Å². The second-order valence-electron chi connectivity index (χ2n) is 4.10. The highest BCUT2D eigenvalue weighted by molar-refractivity contribution is 5.84. The zero-order valence-corrected chi connectivity index (χ0v) is 11.2. The molecule has 3 N–H and O–H groups in total. The van der Waals surface area contributed by atoms with Crippen molar-refractivity contribution in [1.29, 1.82) is 0 Å². The van der Waals surface area contributed by atoms with Crippen molar-refractivity contribution in [2.24, 2.45) is 5.73 Å². The number of carbonyl (C=O) groups is 2.